The molecule has 0 unspecified atom stereocenters. The molecule has 1 amide bonds. The third-order valence-corrected chi connectivity index (χ3v) is 11.8. The molecule has 4 aliphatic carbocycles. The monoisotopic (exact) mass is 679 g/mol. The second kappa shape index (κ2) is 12.0. The number of fused-ring (bicyclic) bond motifs is 3. The van der Waals surface area contributed by atoms with E-state index in [-0.39, 0.29) is 65.6 Å². The van der Waals surface area contributed by atoms with Crippen molar-refractivity contribution in [3.05, 3.63) is 60.0 Å². The molecule has 7 rings (SSSR count). The van der Waals surface area contributed by atoms with Crippen molar-refractivity contribution in [2.75, 3.05) is 17.7 Å². The van der Waals surface area contributed by atoms with Crippen LogP contribution in [0, 0.1) is 17.2 Å². The highest BCUT2D eigenvalue weighted by atomic mass is 32.2. The molecule has 1 aromatic heterocycles. The third-order valence-electron chi connectivity index (χ3n) is 10.6. The number of sulfone groups is 1. The highest BCUT2D eigenvalue weighted by Crippen LogP contribution is 2.58. The third kappa shape index (κ3) is 6.96. The molecule has 0 spiro atoms. The van der Waals surface area contributed by atoms with Gasteiger partial charge in [0.15, 0.2) is 15.7 Å². The molecule has 7 nitrogen and oxygen atoms in total. The largest absolute Gasteiger partial charge is 0.333 e. The standard InChI is InChI=1S/C34H38F5N3O4S/c1-31(36,37)30-40-29(41-46-30)33-16-13-32(14-17-33,15-18-33)21-42(28(43)19-22-9-11-34(38,39)12-10-22)24-5-8-27(35)26(20-24)23-3-6-25(7-4-23)47(2,44)45/h3-8,20,22H,9-19,21H2,1-2H3. The van der Waals surface area contributed by atoms with Crippen molar-refractivity contribution in [1.82, 2.24) is 10.1 Å². The van der Waals surface area contributed by atoms with Crippen molar-refractivity contribution in [1.29, 1.82) is 0 Å². The molecule has 0 saturated heterocycles. The van der Waals surface area contributed by atoms with Gasteiger partial charge in [-0.1, -0.05) is 17.3 Å². The van der Waals surface area contributed by atoms with Crippen molar-refractivity contribution in [3.8, 4) is 11.1 Å². The first-order chi connectivity index (χ1) is 22.0. The fourth-order valence-corrected chi connectivity index (χ4v) is 8.19. The summed E-state index contributed by atoms with van der Waals surface area (Å²) in [6.07, 6.45) is 5.06. The van der Waals surface area contributed by atoms with E-state index in [1.807, 2.05) is 0 Å². The predicted octanol–water partition coefficient (Wildman–Crippen LogP) is 8.23. The van der Waals surface area contributed by atoms with E-state index in [0.29, 0.717) is 63.2 Å². The Morgan fingerprint density at radius 2 is 1.60 bits per heavy atom. The molecule has 254 valence electrons. The van der Waals surface area contributed by atoms with E-state index in [4.69, 9.17) is 4.52 Å². The van der Waals surface area contributed by atoms with Crippen LogP contribution in [-0.2, 0) is 26.0 Å². The molecule has 4 aliphatic rings. The number of carbonyl (C=O) groups excluding carboxylic acids is 1. The zero-order valence-corrected chi connectivity index (χ0v) is 27.2. The Labute approximate surface area is 270 Å². The first-order valence-electron chi connectivity index (χ1n) is 16.0. The summed E-state index contributed by atoms with van der Waals surface area (Å²) in [4.78, 5) is 19.9. The van der Waals surface area contributed by atoms with Gasteiger partial charge in [0.2, 0.25) is 11.8 Å². The fourth-order valence-electron chi connectivity index (χ4n) is 7.56. The summed E-state index contributed by atoms with van der Waals surface area (Å²) < 4.78 is 99.5. The van der Waals surface area contributed by atoms with Gasteiger partial charge in [-0.2, -0.15) is 13.8 Å². The summed E-state index contributed by atoms with van der Waals surface area (Å²) in [7, 11) is -3.46. The van der Waals surface area contributed by atoms with E-state index < -0.39 is 38.8 Å². The van der Waals surface area contributed by atoms with Gasteiger partial charge in [-0.25, -0.2) is 21.6 Å². The summed E-state index contributed by atoms with van der Waals surface area (Å²) in [5.41, 5.74) is 0.308. The normalized spacial score (nSPS) is 24.7. The number of halogens is 5. The molecular weight excluding hydrogens is 641 g/mol. The van der Waals surface area contributed by atoms with Crippen molar-refractivity contribution in [2.24, 2.45) is 11.3 Å². The van der Waals surface area contributed by atoms with Crippen molar-refractivity contribution in [3.63, 3.8) is 0 Å². The quantitative estimate of drug-likeness (QED) is 0.212. The Bertz CT molecular complexity index is 1720. The van der Waals surface area contributed by atoms with E-state index in [1.165, 1.54) is 36.4 Å². The molecule has 0 radical (unpaired) electrons. The van der Waals surface area contributed by atoms with E-state index in [0.717, 1.165) is 6.26 Å². The van der Waals surface area contributed by atoms with Crippen molar-refractivity contribution < 1.29 is 39.7 Å². The Morgan fingerprint density at radius 3 is 2.15 bits per heavy atom. The molecule has 4 saturated carbocycles. The lowest BCUT2D eigenvalue weighted by Crippen LogP contribution is -2.51. The van der Waals surface area contributed by atoms with Crippen LogP contribution < -0.4 is 4.90 Å². The van der Waals surface area contributed by atoms with Crippen LogP contribution in [0.4, 0.5) is 27.6 Å². The molecule has 0 N–H and O–H groups in total. The first kappa shape index (κ1) is 33.5. The lowest BCUT2D eigenvalue weighted by atomic mass is 9.53. The number of amides is 1. The van der Waals surface area contributed by atoms with Crippen LogP contribution in [0.2, 0.25) is 0 Å². The summed E-state index contributed by atoms with van der Waals surface area (Å²) in [6.45, 7) is 1.04. The van der Waals surface area contributed by atoms with E-state index >= 15 is 4.39 Å². The number of alkyl halides is 4. The fraction of sp³-hybridized carbons (Fsp3) is 0.559. The Morgan fingerprint density at radius 1 is 0.979 bits per heavy atom. The minimum atomic E-state index is -3.46. The smallest absolute Gasteiger partial charge is 0.322 e. The number of benzene rings is 2. The van der Waals surface area contributed by atoms with Gasteiger partial charge in [-0.3, -0.25) is 4.79 Å². The molecular formula is C34H38F5N3O4S. The lowest BCUT2D eigenvalue weighted by Gasteiger charge is -2.53. The Kier molecular flexibility index (Phi) is 8.54. The van der Waals surface area contributed by atoms with E-state index in [2.05, 4.69) is 10.1 Å². The van der Waals surface area contributed by atoms with Gasteiger partial charge in [0.25, 0.3) is 5.89 Å². The maximum absolute atomic E-state index is 15.2. The number of nitrogens with zero attached hydrogens (tertiary/aromatic N) is 3. The van der Waals surface area contributed by atoms with Crippen LogP contribution in [0.1, 0.15) is 89.3 Å². The van der Waals surface area contributed by atoms with Gasteiger partial charge in [0.1, 0.15) is 5.82 Å². The minimum Gasteiger partial charge on any atom is -0.333 e. The number of hydrogen-bond acceptors (Lipinski definition) is 6. The van der Waals surface area contributed by atoms with Gasteiger partial charge >= 0.3 is 5.92 Å². The second-order valence-electron chi connectivity index (χ2n) is 14.0. The van der Waals surface area contributed by atoms with E-state index in [9.17, 15) is 30.8 Å². The predicted molar refractivity (Wildman–Crippen MR) is 164 cm³/mol. The number of carbonyl (C=O) groups is 1. The maximum atomic E-state index is 15.2. The van der Waals surface area contributed by atoms with Crippen molar-refractivity contribution >= 4 is 21.4 Å². The SMILES string of the molecule is CC(F)(F)c1nc(C23CCC(CN(C(=O)CC4CCC(F)(F)CC4)c4ccc(F)c(-c5ccc(S(C)(=O)=O)cc5)c4)(CC2)CC3)no1. The average molecular weight is 680 g/mol. The number of rotatable bonds is 9. The highest BCUT2D eigenvalue weighted by Gasteiger charge is 2.53. The molecule has 2 bridgehead atoms. The summed E-state index contributed by atoms with van der Waals surface area (Å²) in [6, 6.07) is 10.2. The van der Waals surface area contributed by atoms with Crippen LogP contribution >= 0.6 is 0 Å². The van der Waals surface area contributed by atoms with Gasteiger partial charge in [-0.05, 0) is 98.6 Å². The second-order valence-corrected chi connectivity index (χ2v) is 16.1. The van der Waals surface area contributed by atoms with Gasteiger partial charge in [0.05, 0.1) is 4.90 Å². The summed E-state index contributed by atoms with van der Waals surface area (Å²) >= 11 is 0. The lowest BCUT2D eigenvalue weighted by molar-refractivity contribution is -0.121. The van der Waals surface area contributed by atoms with Gasteiger partial charge in [0, 0.05) is 55.7 Å². The van der Waals surface area contributed by atoms with Crippen LogP contribution in [0.15, 0.2) is 51.9 Å². The zero-order valence-electron chi connectivity index (χ0n) is 26.4. The zero-order chi connectivity index (χ0) is 33.8. The molecule has 13 heteroatoms. The molecule has 0 aliphatic heterocycles. The van der Waals surface area contributed by atoms with Gasteiger partial charge < -0.3 is 9.42 Å². The van der Waals surface area contributed by atoms with E-state index in [1.54, 1.807) is 11.0 Å². The van der Waals surface area contributed by atoms with Crippen molar-refractivity contribution in [2.45, 2.75) is 99.7 Å². The molecule has 3 aromatic rings. The molecule has 0 atom stereocenters. The van der Waals surface area contributed by atoms with Crippen LogP contribution in [0.25, 0.3) is 11.1 Å². The Hall–Kier alpha value is -3.35. The van der Waals surface area contributed by atoms with Crippen LogP contribution in [-0.4, -0.2) is 43.2 Å². The first-order valence-corrected chi connectivity index (χ1v) is 17.9. The minimum absolute atomic E-state index is 0.0860. The van der Waals surface area contributed by atoms with Crippen LogP contribution in [0.3, 0.4) is 0 Å². The Balaban J connectivity index is 1.27. The number of hydrogen-bond donors (Lipinski definition) is 0. The van der Waals surface area contributed by atoms with Gasteiger partial charge in [-0.15, -0.1) is 0 Å². The molecule has 2 aromatic carbocycles. The molecule has 4 fully saturated rings. The van der Waals surface area contributed by atoms with Crippen LogP contribution in [0.5, 0.6) is 0 Å². The topological polar surface area (TPSA) is 93.4 Å². The number of anilines is 1. The highest BCUT2D eigenvalue weighted by molar-refractivity contribution is 7.90. The molecule has 47 heavy (non-hydrogen) atoms. The number of aromatic nitrogens is 2. The average Bonchev–Trinajstić information content (AvgIpc) is 3.55. The molecule has 1 heterocycles. The summed E-state index contributed by atoms with van der Waals surface area (Å²) in [5, 5.41) is 3.92. The summed E-state index contributed by atoms with van der Waals surface area (Å²) in [5.74, 6) is -7.35. The maximum Gasteiger partial charge on any atom is 0.322 e.